The van der Waals surface area contributed by atoms with E-state index < -0.39 is 0 Å². The van der Waals surface area contributed by atoms with Gasteiger partial charge in [0.1, 0.15) is 16.4 Å². The van der Waals surface area contributed by atoms with Crippen molar-refractivity contribution in [1.29, 1.82) is 0 Å². The summed E-state index contributed by atoms with van der Waals surface area (Å²) in [7, 11) is 0. The van der Waals surface area contributed by atoms with E-state index >= 15 is 0 Å². The highest BCUT2D eigenvalue weighted by molar-refractivity contribution is 7.14. The molecule has 1 saturated carbocycles. The zero-order chi connectivity index (χ0) is 18.5. The molecule has 5 nitrogen and oxygen atoms in total. The van der Waals surface area contributed by atoms with E-state index in [-0.39, 0.29) is 0 Å². The average Bonchev–Trinajstić information content (AvgIpc) is 3.39. The normalized spacial score (nSPS) is 15.0. The fraction of sp³-hybridized carbons (Fsp3) is 0.400. The Morgan fingerprint density at radius 2 is 1.89 bits per heavy atom. The van der Waals surface area contributed by atoms with Gasteiger partial charge in [-0.1, -0.05) is 32.1 Å². The molecule has 0 atom stereocenters. The van der Waals surface area contributed by atoms with Crippen LogP contribution in [-0.2, 0) is 0 Å². The summed E-state index contributed by atoms with van der Waals surface area (Å²) in [5.74, 6) is 1.52. The van der Waals surface area contributed by atoms with Crippen LogP contribution in [0, 0.1) is 5.92 Å². The number of thiazole rings is 2. The Morgan fingerprint density at radius 3 is 2.63 bits per heavy atom. The molecule has 0 amide bonds. The molecule has 1 aliphatic carbocycles. The molecule has 0 spiro atoms. The van der Waals surface area contributed by atoms with Crippen LogP contribution in [0.3, 0.4) is 0 Å². The largest absolute Gasteiger partial charge is 0.478 e. The van der Waals surface area contributed by atoms with Gasteiger partial charge in [-0.2, -0.15) is 0 Å². The molecular formula is C20H22N4OS2. The van der Waals surface area contributed by atoms with Crippen molar-refractivity contribution in [3.8, 4) is 27.8 Å². The Labute approximate surface area is 167 Å². The summed E-state index contributed by atoms with van der Waals surface area (Å²) >= 11 is 3.05. The third kappa shape index (κ3) is 4.59. The third-order valence-electron chi connectivity index (χ3n) is 4.88. The zero-order valence-corrected chi connectivity index (χ0v) is 16.8. The monoisotopic (exact) mass is 398 g/mol. The fourth-order valence-electron chi connectivity index (χ4n) is 3.38. The Hall–Kier alpha value is -2.12. The molecule has 3 aromatic heterocycles. The van der Waals surface area contributed by atoms with Crippen molar-refractivity contribution in [2.45, 2.75) is 38.5 Å². The number of aromatic nitrogens is 3. The molecule has 0 saturated heterocycles. The first-order valence-corrected chi connectivity index (χ1v) is 11.0. The van der Waals surface area contributed by atoms with E-state index in [2.05, 4.69) is 26.7 Å². The molecule has 0 N–H and O–H groups in total. The van der Waals surface area contributed by atoms with E-state index in [1.165, 1.54) is 43.4 Å². The molecule has 1 aliphatic rings. The van der Waals surface area contributed by atoms with Gasteiger partial charge in [0, 0.05) is 28.6 Å². The van der Waals surface area contributed by atoms with E-state index in [9.17, 15) is 0 Å². The second-order valence-electron chi connectivity index (χ2n) is 6.74. The lowest BCUT2D eigenvalue weighted by Gasteiger charge is -2.21. The van der Waals surface area contributed by atoms with Gasteiger partial charge in [0.15, 0.2) is 0 Å². The van der Waals surface area contributed by atoms with E-state index in [4.69, 9.17) is 4.74 Å². The first-order chi connectivity index (χ1) is 13.3. The maximum Gasteiger partial charge on any atom is 0.213 e. The lowest BCUT2D eigenvalue weighted by Crippen LogP contribution is -2.11. The number of aliphatic imine (C=N–C) groups is 1. The van der Waals surface area contributed by atoms with Crippen LogP contribution in [0.1, 0.15) is 38.5 Å². The SMILES string of the molecule is C=Nc1nc(-c2csc(-c3ccc(OCCC4CCCCC4)nc3)n2)cs1. The molecule has 0 aromatic carbocycles. The predicted octanol–water partition coefficient (Wildman–Crippen LogP) is 6.01. The quantitative estimate of drug-likeness (QED) is 0.457. The molecule has 3 heterocycles. The number of hydrogen-bond donors (Lipinski definition) is 0. The Morgan fingerprint density at radius 1 is 1.07 bits per heavy atom. The molecule has 140 valence electrons. The van der Waals surface area contributed by atoms with Crippen molar-refractivity contribution in [1.82, 2.24) is 15.0 Å². The molecule has 3 aromatic rings. The van der Waals surface area contributed by atoms with Crippen LogP contribution in [-0.4, -0.2) is 28.3 Å². The summed E-state index contributed by atoms with van der Waals surface area (Å²) < 4.78 is 5.84. The van der Waals surface area contributed by atoms with Crippen LogP contribution in [0.2, 0.25) is 0 Å². The van der Waals surface area contributed by atoms with Gasteiger partial charge in [0.2, 0.25) is 11.0 Å². The summed E-state index contributed by atoms with van der Waals surface area (Å²) in [6.45, 7) is 4.26. The number of rotatable bonds is 7. The van der Waals surface area contributed by atoms with Crippen LogP contribution in [0.4, 0.5) is 5.13 Å². The van der Waals surface area contributed by atoms with Gasteiger partial charge in [-0.25, -0.2) is 19.9 Å². The van der Waals surface area contributed by atoms with Gasteiger partial charge < -0.3 is 4.74 Å². The van der Waals surface area contributed by atoms with E-state index in [1.54, 1.807) is 11.3 Å². The molecule has 4 rings (SSSR count). The Kier molecular flexibility index (Phi) is 5.89. The number of nitrogens with zero attached hydrogens (tertiary/aromatic N) is 4. The lowest BCUT2D eigenvalue weighted by molar-refractivity contribution is 0.240. The van der Waals surface area contributed by atoms with Gasteiger partial charge in [0.05, 0.1) is 6.61 Å². The Bertz CT molecular complexity index is 882. The second-order valence-corrected chi connectivity index (χ2v) is 8.43. The minimum absolute atomic E-state index is 0.663. The maximum atomic E-state index is 5.84. The van der Waals surface area contributed by atoms with Crippen molar-refractivity contribution >= 4 is 34.5 Å². The van der Waals surface area contributed by atoms with Crippen LogP contribution in [0.5, 0.6) is 5.88 Å². The summed E-state index contributed by atoms with van der Waals surface area (Å²) in [4.78, 5) is 17.4. The first-order valence-electron chi connectivity index (χ1n) is 9.29. The number of ether oxygens (including phenoxy) is 1. The summed E-state index contributed by atoms with van der Waals surface area (Å²) in [5, 5.41) is 5.54. The standard InChI is InChI=1S/C20H22N4OS2/c1-21-20-24-17(13-27-20)16-12-26-19(23-16)15-7-8-18(22-11-15)25-10-9-14-5-3-2-4-6-14/h7-8,11-14H,1-6,9-10H2. The van der Waals surface area contributed by atoms with Crippen molar-refractivity contribution in [2.24, 2.45) is 10.9 Å². The van der Waals surface area contributed by atoms with Gasteiger partial charge in [-0.05, 0) is 25.1 Å². The molecule has 0 bridgehead atoms. The van der Waals surface area contributed by atoms with Gasteiger partial charge in [0.25, 0.3) is 0 Å². The minimum Gasteiger partial charge on any atom is -0.478 e. The van der Waals surface area contributed by atoms with Crippen molar-refractivity contribution < 1.29 is 4.74 Å². The van der Waals surface area contributed by atoms with Crippen LogP contribution in [0.25, 0.3) is 22.0 Å². The van der Waals surface area contributed by atoms with Gasteiger partial charge in [-0.3, -0.25) is 0 Å². The topological polar surface area (TPSA) is 60.3 Å². The molecule has 1 fully saturated rings. The molecule has 0 aliphatic heterocycles. The molecular weight excluding hydrogens is 376 g/mol. The van der Waals surface area contributed by atoms with Crippen LogP contribution < -0.4 is 4.74 Å². The molecule has 0 radical (unpaired) electrons. The predicted molar refractivity (Wildman–Crippen MR) is 112 cm³/mol. The zero-order valence-electron chi connectivity index (χ0n) is 15.1. The third-order valence-corrected chi connectivity index (χ3v) is 6.54. The smallest absolute Gasteiger partial charge is 0.213 e. The number of hydrogen-bond acceptors (Lipinski definition) is 7. The second kappa shape index (κ2) is 8.71. The van der Waals surface area contributed by atoms with Gasteiger partial charge >= 0.3 is 0 Å². The van der Waals surface area contributed by atoms with Crippen LogP contribution in [0.15, 0.2) is 34.1 Å². The highest BCUT2D eigenvalue weighted by atomic mass is 32.1. The van der Waals surface area contributed by atoms with E-state index in [0.29, 0.717) is 11.0 Å². The van der Waals surface area contributed by atoms with Crippen LogP contribution >= 0.6 is 22.7 Å². The number of pyridine rings is 1. The van der Waals surface area contributed by atoms with Crippen molar-refractivity contribution in [3.63, 3.8) is 0 Å². The molecule has 7 heteroatoms. The molecule has 0 unspecified atom stereocenters. The highest BCUT2D eigenvalue weighted by Gasteiger charge is 2.14. The van der Waals surface area contributed by atoms with E-state index in [0.717, 1.165) is 40.9 Å². The average molecular weight is 399 g/mol. The fourth-order valence-corrected chi connectivity index (χ4v) is 4.80. The summed E-state index contributed by atoms with van der Waals surface area (Å²) in [6.07, 6.45) is 9.81. The van der Waals surface area contributed by atoms with Crippen molar-refractivity contribution in [2.75, 3.05) is 6.61 Å². The maximum absolute atomic E-state index is 5.84. The van der Waals surface area contributed by atoms with Crippen molar-refractivity contribution in [3.05, 3.63) is 29.1 Å². The Balaban J connectivity index is 1.35. The van der Waals surface area contributed by atoms with Gasteiger partial charge in [-0.15, -0.1) is 22.7 Å². The molecule has 27 heavy (non-hydrogen) atoms. The first kappa shape index (κ1) is 18.3. The lowest BCUT2D eigenvalue weighted by atomic mass is 9.87. The summed E-state index contributed by atoms with van der Waals surface area (Å²) in [6, 6.07) is 3.95. The highest BCUT2D eigenvalue weighted by Crippen LogP contribution is 2.31. The minimum atomic E-state index is 0.663. The van der Waals surface area contributed by atoms with E-state index in [1.807, 2.05) is 29.1 Å². The summed E-state index contributed by atoms with van der Waals surface area (Å²) in [5.41, 5.74) is 2.68.